The van der Waals surface area contributed by atoms with Crippen LogP contribution in [0.5, 0.6) is 11.6 Å². The molecule has 0 aliphatic rings. The van der Waals surface area contributed by atoms with Crippen molar-refractivity contribution < 1.29 is 9.66 Å². The lowest BCUT2D eigenvalue weighted by Crippen LogP contribution is -1.99. The van der Waals surface area contributed by atoms with Gasteiger partial charge in [0.2, 0.25) is 11.7 Å². The van der Waals surface area contributed by atoms with E-state index in [-0.39, 0.29) is 17.4 Å². The van der Waals surface area contributed by atoms with Crippen LogP contribution in [0.15, 0.2) is 35.1 Å². The molecule has 2 heterocycles. The van der Waals surface area contributed by atoms with Crippen LogP contribution < -0.4 is 10.5 Å². The Balaban J connectivity index is 2.25. The fourth-order valence-electron chi connectivity index (χ4n) is 1.23. The lowest BCUT2D eigenvalue weighted by atomic mass is 10.4. The van der Waals surface area contributed by atoms with Gasteiger partial charge in [-0.25, -0.2) is 0 Å². The molecule has 2 rings (SSSR count). The highest BCUT2D eigenvalue weighted by Gasteiger charge is 2.13. The zero-order valence-corrected chi connectivity index (χ0v) is 10.5. The molecule has 0 aliphatic heterocycles. The molecule has 0 unspecified atom stereocenters. The number of nitrogens with zero attached hydrogens (tertiary/aromatic N) is 3. The van der Waals surface area contributed by atoms with Gasteiger partial charge in [-0.1, -0.05) is 0 Å². The number of nitro groups is 1. The molecule has 8 heteroatoms. The Morgan fingerprint density at radius 1 is 1.39 bits per heavy atom. The van der Waals surface area contributed by atoms with Crippen molar-refractivity contribution in [2.24, 2.45) is 0 Å². The summed E-state index contributed by atoms with van der Waals surface area (Å²) in [7, 11) is 0. The minimum Gasteiger partial charge on any atom is -0.437 e. The summed E-state index contributed by atoms with van der Waals surface area (Å²) in [5.74, 6) is 0.420. The van der Waals surface area contributed by atoms with Crippen LogP contribution in [-0.4, -0.2) is 14.9 Å². The van der Waals surface area contributed by atoms with Gasteiger partial charge in [-0.2, -0.15) is 4.98 Å². The Bertz CT molecular complexity index is 605. The molecule has 0 saturated carbocycles. The second-order valence-corrected chi connectivity index (χ2v) is 4.17. The standard InChI is InChI=1S/C10H7BrN4O3/c11-6-3-7(5-13-4-6)18-9-2-1-8(15(16)17)10(12)14-9/h1-5H,(H2,12,14). The molecule has 0 bridgehead atoms. The van der Waals surface area contributed by atoms with Crippen LogP contribution in [-0.2, 0) is 0 Å². The van der Waals surface area contributed by atoms with E-state index in [9.17, 15) is 10.1 Å². The summed E-state index contributed by atoms with van der Waals surface area (Å²) in [6.07, 6.45) is 3.09. The smallest absolute Gasteiger partial charge is 0.311 e. The van der Waals surface area contributed by atoms with E-state index >= 15 is 0 Å². The molecule has 0 amide bonds. The third-order valence-corrected chi connectivity index (χ3v) is 2.41. The van der Waals surface area contributed by atoms with Gasteiger partial charge in [0.1, 0.15) is 5.75 Å². The molecule has 18 heavy (non-hydrogen) atoms. The molecule has 92 valence electrons. The number of nitrogens with two attached hydrogens (primary N) is 1. The molecule has 0 aromatic carbocycles. The van der Waals surface area contributed by atoms with Crippen molar-refractivity contribution in [1.29, 1.82) is 0 Å². The normalized spacial score (nSPS) is 10.1. The van der Waals surface area contributed by atoms with Crippen LogP contribution in [0.2, 0.25) is 0 Å². The highest BCUT2D eigenvalue weighted by atomic mass is 79.9. The third kappa shape index (κ3) is 2.72. The van der Waals surface area contributed by atoms with Crippen LogP contribution in [0, 0.1) is 10.1 Å². The largest absolute Gasteiger partial charge is 0.437 e. The highest BCUT2D eigenvalue weighted by Crippen LogP contribution is 2.26. The van der Waals surface area contributed by atoms with Crippen molar-refractivity contribution in [3.05, 3.63) is 45.2 Å². The predicted octanol–water partition coefficient (Wildman–Crippen LogP) is 2.52. The van der Waals surface area contributed by atoms with E-state index in [1.807, 2.05) is 0 Å². The van der Waals surface area contributed by atoms with Crippen molar-refractivity contribution in [3.8, 4) is 11.6 Å². The van der Waals surface area contributed by atoms with Crippen molar-refractivity contribution in [2.75, 3.05) is 5.73 Å². The molecule has 2 aromatic heterocycles. The number of ether oxygens (including phenoxy) is 1. The van der Waals surface area contributed by atoms with E-state index in [2.05, 4.69) is 25.9 Å². The summed E-state index contributed by atoms with van der Waals surface area (Å²) >= 11 is 3.24. The number of anilines is 1. The molecular weight excluding hydrogens is 304 g/mol. The van der Waals surface area contributed by atoms with E-state index < -0.39 is 4.92 Å². The maximum Gasteiger partial charge on any atom is 0.311 e. The fraction of sp³-hybridized carbons (Fsp3) is 0. The zero-order valence-electron chi connectivity index (χ0n) is 8.91. The first-order chi connectivity index (χ1) is 8.56. The molecule has 0 aliphatic carbocycles. The second kappa shape index (κ2) is 4.96. The minimum atomic E-state index is -0.604. The van der Waals surface area contributed by atoms with Gasteiger partial charge in [-0.3, -0.25) is 15.1 Å². The van der Waals surface area contributed by atoms with E-state index in [4.69, 9.17) is 10.5 Å². The van der Waals surface area contributed by atoms with Crippen LogP contribution in [0.3, 0.4) is 0 Å². The summed E-state index contributed by atoms with van der Waals surface area (Å²) in [5, 5.41) is 10.6. The average molecular weight is 311 g/mol. The van der Waals surface area contributed by atoms with Crippen molar-refractivity contribution >= 4 is 27.4 Å². The van der Waals surface area contributed by atoms with Gasteiger partial charge in [0.25, 0.3) is 0 Å². The summed E-state index contributed by atoms with van der Waals surface area (Å²) in [6, 6.07) is 4.30. The molecule has 0 radical (unpaired) electrons. The van der Waals surface area contributed by atoms with Gasteiger partial charge in [0.05, 0.1) is 11.1 Å². The fourth-order valence-corrected chi connectivity index (χ4v) is 1.57. The van der Waals surface area contributed by atoms with E-state index in [0.717, 1.165) is 4.47 Å². The van der Waals surface area contributed by atoms with Gasteiger partial charge >= 0.3 is 5.69 Å². The molecule has 0 saturated heterocycles. The number of aromatic nitrogens is 2. The number of pyridine rings is 2. The maximum atomic E-state index is 10.6. The van der Waals surface area contributed by atoms with Gasteiger partial charge in [0.15, 0.2) is 0 Å². The molecule has 0 spiro atoms. The Kier molecular flexibility index (Phi) is 3.38. The third-order valence-electron chi connectivity index (χ3n) is 1.98. The van der Waals surface area contributed by atoms with E-state index in [1.54, 1.807) is 12.3 Å². The Morgan fingerprint density at radius 2 is 2.17 bits per heavy atom. The summed E-state index contributed by atoms with van der Waals surface area (Å²) < 4.78 is 6.11. The number of hydrogen-bond donors (Lipinski definition) is 1. The van der Waals surface area contributed by atoms with Crippen molar-refractivity contribution in [2.45, 2.75) is 0 Å². The number of hydrogen-bond acceptors (Lipinski definition) is 6. The van der Waals surface area contributed by atoms with Crippen LogP contribution in [0.25, 0.3) is 0 Å². The van der Waals surface area contributed by atoms with Gasteiger partial charge in [-0.15, -0.1) is 0 Å². The Morgan fingerprint density at radius 3 is 2.78 bits per heavy atom. The summed E-state index contributed by atoms with van der Waals surface area (Å²) in [6.45, 7) is 0. The molecule has 0 fully saturated rings. The summed E-state index contributed by atoms with van der Waals surface area (Å²) in [5.41, 5.74) is 5.19. The lowest BCUT2D eigenvalue weighted by Gasteiger charge is -2.05. The second-order valence-electron chi connectivity index (χ2n) is 3.25. The SMILES string of the molecule is Nc1nc(Oc2cncc(Br)c2)ccc1[N+](=O)[O-]. The summed E-state index contributed by atoms with van der Waals surface area (Å²) in [4.78, 5) is 17.7. The maximum absolute atomic E-state index is 10.6. The molecule has 2 aromatic rings. The van der Waals surface area contributed by atoms with Gasteiger partial charge in [-0.05, 0) is 22.0 Å². The number of nitrogen functional groups attached to an aromatic ring is 1. The van der Waals surface area contributed by atoms with Crippen molar-refractivity contribution in [3.63, 3.8) is 0 Å². The highest BCUT2D eigenvalue weighted by molar-refractivity contribution is 9.10. The first kappa shape index (κ1) is 12.2. The van der Waals surface area contributed by atoms with E-state index in [1.165, 1.54) is 18.3 Å². The number of rotatable bonds is 3. The van der Waals surface area contributed by atoms with Gasteiger partial charge in [0, 0.05) is 22.8 Å². The van der Waals surface area contributed by atoms with Gasteiger partial charge < -0.3 is 10.5 Å². The first-order valence-corrected chi connectivity index (χ1v) is 5.55. The van der Waals surface area contributed by atoms with Crippen LogP contribution in [0.4, 0.5) is 11.5 Å². The van der Waals surface area contributed by atoms with Crippen LogP contribution >= 0.6 is 15.9 Å². The Hall–Kier alpha value is -2.22. The first-order valence-electron chi connectivity index (χ1n) is 4.75. The zero-order chi connectivity index (χ0) is 13.1. The molecule has 2 N–H and O–H groups in total. The number of halogens is 1. The molecule has 7 nitrogen and oxygen atoms in total. The average Bonchev–Trinajstić information content (AvgIpc) is 2.28. The van der Waals surface area contributed by atoms with Crippen molar-refractivity contribution in [1.82, 2.24) is 9.97 Å². The molecule has 0 atom stereocenters. The quantitative estimate of drug-likeness (QED) is 0.690. The lowest BCUT2D eigenvalue weighted by molar-refractivity contribution is -0.384. The predicted molar refractivity (Wildman–Crippen MR) is 67.3 cm³/mol. The molecular formula is C10H7BrN4O3. The van der Waals surface area contributed by atoms with Crippen LogP contribution in [0.1, 0.15) is 0 Å². The Labute approximate surface area is 110 Å². The topological polar surface area (TPSA) is 104 Å². The monoisotopic (exact) mass is 310 g/mol. The minimum absolute atomic E-state index is 0.165. The van der Waals surface area contributed by atoms with E-state index in [0.29, 0.717) is 5.75 Å².